The molecule has 5 heteroatoms. The van der Waals surface area contributed by atoms with E-state index in [0.29, 0.717) is 6.42 Å². The second-order valence-corrected chi connectivity index (χ2v) is 5.04. The van der Waals surface area contributed by atoms with Crippen LogP contribution >= 0.6 is 0 Å². The summed E-state index contributed by atoms with van der Waals surface area (Å²) in [5.41, 5.74) is 6.34. The normalized spacial score (nSPS) is 11.8. The zero-order valence-corrected chi connectivity index (χ0v) is 12.3. The lowest BCUT2D eigenvalue weighted by Crippen LogP contribution is -2.44. The van der Waals surface area contributed by atoms with Crippen LogP contribution in [0.25, 0.3) is 10.9 Å². The van der Waals surface area contributed by atoms with Gasteiger partial charge in [-0.3, -0.25) is 9.59 Å². The molecule has 114 valence electrons. The molecule has 0 spiro atoms. The second-order valence-electron chi connectivity index (χ2n) is 5.04. The summed E-state index contributed by atoms with van der Waals surface area (Å²) in [4.78, 5) is 28.0. The maximum absolute atomic E-state index is 12.2. The molecule has 2 rings (SSSR count). The number of unbranched alkanes of at least 4 members (excludes halogenated alkanes) is 1. The summed E-state index contributed by atoms with van der Waals surface area (Å²) < 4.78 is 0. The molecule has 3 N–H and O–H groups in total. The first-order valence-corrected chi connectivity index (χ1v) is 7.18. The Labute approximate surface area is 129 Å². The largest absolute Gasteiger partial charge is 0.368 e. The summed E-state index contributed by atoms with van der Waals surface area (Å²) in [7, 11) is 0. The Morgan fingerprint density at radius 1 is 1.27 bits per heavy atom. The van der Waals surface area contributed by atoms with Gasteiger partial charge in [-0.05, 0) is 31.4 Å². The van der Waals surface area contributed by atoms with E-state index in [9.17, 15) is 9.59 Å². The van der Waals surface area contributed by atoms with E-state index in [1.807, 2.05) is 30.3 Å². The van der Waals surface area contributed by atoms with Crippen molar-refractivity contribution in [1.29, 1.82) is 0 Å². The van der Waals surface area contributed by atoms with Crippen LogP contribution in [0.1, 0.15) is 29.8 Å². The number of nitrogens with one attached hydrogen (secondary N) is 1. The first-order chi connectivity index (χ1) is 10.6. The minimum absolute atomic E-state index is 0.272. The lowest BCUT2D eigenvalue weighted by molar-refractivity contribution is -0.120. The Kier molecular flexibility index (Phi) is 5.25. The number of allylic oxidation sites excluding steroid dienone is 1. The van der Waals surface area contributed by atoms with Gasteiger partial charge in [-0.2, -0.15) is 0 Å². The van der Waals surface area contributed by atoms with Gasteiger partial charge < -0.3 is 11.1 Å². The van der Waals surface area contributed by atoms with E-state index in [0.717, 1.165) is 23.7 Å². The van der Waals surface area contributed by atoms with Crippen molar-refractivity contribution in [2.45, 2.75) is 25.3 Å². The maximum atomic E-state index is 12.2. The van der Waals surface area contributed by atoms with Crippen LogP contribution in [-0.4, -0.2) is 22.8 Å². The molecule has 5 nitrogen and oxygen atoms in total. The number of carbonyl (C=O) groups excluding carboxylic acids is 2. The molecule has 0 radical (unpaired) electrons. The first kappa shape index (κ1) is 15.7. The number of amides is 2. The number of hydrogen-bond acceptors (Lipinski definition) is 3. The monoisotopic (exact) mass is 297 g/mol. The van der Waals surface area contributed by atoms with Crippen molar-refractivity contribution in [3.8, 4) is 0 Å². The Balaban J connectivity index is 2.10. The van der Waals surface area contributed by atoms with E-state index in [4.69, 9.17) is 5.73 Å². The number of nitrogens with zero attached hydrogens (tertiary/aromatic N) is 1. The number of primary amides is 1. The Hall–Kier alpha value is -2.69. The van der Waals surface area contributed by atoms with Crippen LogP contribution in [0.3, 0.4) is 0 Å². The summed E-state index contributed by atoms with van der Waals surface area (Å²) in [6.45, 7) is 3.63. The average Bonchev–Trinajstić information content (AvgIpc) is 2.53. The van der Waals surface area contributed by atoms with Crippen LogP contribution in [0.2, 0.25) is 0 Å². The van der Waals surface area contributed by atoms with Crippen LogP contribution in [0, 0.1) is 0 Å². The van der Waals surface area contributed by atoms with Gasteiger partial charge in [0.25, 0.3) is 5.91 Å². The van der Waals surface area contributed by atoms with Gasteiger partial charge in [0, 0.05) is 5.39 Å². The van der Waals surface area contributed by atoms with Gasteiger partial charge in [-0.25, -0.2) is 4.98 Å². The quantitative estimate of drug-likeness (QED) is 0.606. The fourth-order valence-electron chi connectivity index (χ4n) is 2.18. The SMILES string of the molecule is C=CCCC[C@H](NC(=O)c1ccc2ccccc2n1)C(N)=O. The fraction of sp³-hybridized carbons (Fsp3) is 0.235. The average molecular weight is 297 g/mol. The van der Waals surface area contributed by atoms with E-state index in [1.54, 1.807) is 12.1 Å². The highest BCUT2D eigenvalue weighted by Gasteiger charge is 2.19. The van der Waals surface area contributed by atoms with Gasteiger partial charge in [0.2, 0.25) is 5.91 Å². The Bertz CT molecular complexity index is 697. The third-order valence-corrected chi connectivity index (χ3v) is 3.38. The van der Waals surface area contributed by atoms with E-state index >= 15 is 0 Å². The first-order valence-electron chi connectivity index (χ1n) is 7.18. The van der Waals surface area contributed by atoms with Crippen molar-refractivity contribution >= 4 is 22.7 Å². The number of hydrogen-bond donors (Lipinski definition) is 2. The van der Waals surface area contributed by atoms with Crippen molar-refractivity contribution in [2.75, 3.05) is 0 Å². The molecular weight excluding hydrogens is 278 g/mol. The minimum atomic E-state index is -0.694. The van der Waals surface area contributed by atoms with Crippen molar-refractivity contribution in [3.05, 3.63) is 54.7 Å². The molecule has 0 bridgehead atoms. The third-order valence-electron chi connectivity index (χ3n) is 3.38. The fourth-order valence-corrected chi connectivity index (χ4v) is 2.18. The number of benzene rings is 1. The number of aromatic nitrogens is 1. The molecule has 0 unspecified atom stereocenters. The van der Waals surface area contributed by atoms with Crippen LogP contribution in [-0.2, 0) is 4.79 Å². The third kappa shape index (κ3) is 3.91. The summed E-state index contributed by atoms with van der Waals surface area (Å²) in [5, 5.41) is 3.60. The van der Waals surface area contributed by atoms with Crippen molar-refractivity contribution in [3.63, 3.8) is 0 Å². The number of para-hydroxylation sites is 1. The van der Waals surface area contributed by atoms with Gasteiger partial charge in [0.1, 0.15) is 11.7 Å². The molecule has 1 aromatic carbocycles. The van der Waals surface area contributed by atoms with E-state index in [2.05, 4.69) is 16.9 Å². The summed E-state index contributed by atoms with van der Waals surface area (Å²) in [6.07, 6.45) is 3.77. The van der Waals surface area contributed by atoms with Gasteiger partial charge in [-0.15, -0.1) is 6.58 Å². The molecule has 0 saturated carbocycles. The van der Waals surface area contributed by atoms with Crippen molar-refractivity contribution < 1.29 is 9.59 Å². The summed E-state index contributed by atoms with van der Waals surface area (Å²) >= 11 is 0. The highest BCUT2D eigenvalue weighted by Crippen LogP contribution is 2.12. The van der Waals surface area contributed by atoms with Crippen LogP contribution in [0.15, 0.2) is 49.1 Å². The second kappa shape index (κ2) is 7.36. The molecule has 0 aliphatic rings. The molecule has 2 aromatic rings. The number of nitrogens with two attached hydrogens (primary N) is 1. The van der Waals surface area contributed by atoms with Crippen molar-refractivity contribution in [2.24, 2.45) is 5.73 Å². The van der Waals surface area contributed by atoms with Gasteiger partial charge in [0.05, 0.1) is 5.52 Å². The van der Waals surface area contributed by atoms with Gasteiger partial charge in [0.15, 0.2) is 0 Å². The maximum Gasteiger partial charge on any atom is 0.270 e. The van der Waals surface area contributed by atoms with E-state index in [-0.39, 0.29) is 5.69 Å². The molecule has 0 saturated heterocycles. The van der Waals surface area contributed by atoms with Gasteiger partial charge >= 0.3 is 0 Å². The van der Waals surface area contributed by atoms with E-state index < -0.39 is 17.9 Å². The van der Waals surface area contributed by atoms with Crippen LogP contribution in [0.5, 0.6) is 0 Å². The molecule has 0 aliphatic heterocycles. The highest BCUT2D eigenvalue weighted by atomic mass is 16.2. The minimum Gasteiger partial charge on any atom is -0.368 e. The number of rotatable bonds is 7. The lowest BCUT2D eigenvalue weighted by Gasteiger charge is -2.14. The topological polar surface area (TPSA) is 85.1 Å². The smallest absolute Gasteiger partial charge is 0.270 e. The number of pyridine rings is 1. The highest BCUT2D eigenvalue weighted by molar-refractivity contribution is 5.97. The van der Waals surface area contributed by atoms with Crippen LogP contribution < -0.4 is 11.1 Å². The zero-order chi connectivity index (χ0) is 15.9. The Morgan fingerprint density at radius 2 is 2.05 bits per heavy atom. The summed E-state index contributed by atoms with van der Waals surface area (Å²) in [5.74, 6) is -0.939. The molecule has 2 amide bonds. The standard InChI is InChI=1S/C17H19N3O2/c1-2-3-4-9-14(16(18)21)20-17(22)15-11-10-12-7-5-6-8-13(12)19-15/h2,5-8,10-11,14H,1,3-4,9H2,(H2,18,21)(H,20,22)/t14-/m0/s1. The Morgan fingerprint density at radius 3 is 2.77 bits per heavy atom. The van der Waals surface area contributed by atoms with Crippen LogP contribution in [0.4, 0.5) is 0 Å². The molecule has 0 aliphatic carbocycles. The predicted molar refractivity (Wildman–Crippen MR) is 86.2 cm³/mol. The van der Waals surface area contributed by atoms with Crippen molar-refractivity contribution in [1.82, 2.24) is 10.3 Å². The summed E-state index contributed by atoms with van der Waals surface area (Å²) in [6, 6.07) is 10.3. The number of fused-ring (bicyclic) bond motifs is 1. The van der Waals surface area contributed by atoms with Gasteiger partial charge in [-0.1, -0.05) is 30.3 Å². The predicted octanol–water partition coefficient (Wildman–Crippen LogP) is 2.17. The molecule has 0 fully saturated rings. The lowest BCUT2D eigenvalue weighted by atomic mass is 10.1. The molecular formula is C17H19N3O2. The molecule has 1 aromatic heterocycles. The molecule has 1 heterocycles. The molecule has 1 atom stereocenters. The van der Waals surface area contributed by atoms with E-state index in [1.165, 1.54) is 0 Å². The number of carbonyl (C=O) groups is 2. The zero-order valence-electron chi connectivity index (χ0n) is 12.3. The molecule has 22 heavy (non-hydrogen) atoms.